The Morgan fingerprint density at radius 1 is 1.05 bits per heavy atom. The van der Waals surface area contributed by atoms with Crippen LogP contribution in [0.4, 0.5) is 5.82 Å². The standard InChI is InChI=1S/C16H17N3S/c1-10-6-4-7-11(2)13(10)15-14(12-8-5-9-20-12)16(17)19(3)18-15/h4-9H,17H2,1-3H3. The molecule has 0 saturated heterocycles. The number of rotatable bonds is 2. The van der Waals surface area contributed by atoms with Crippen molar-refractivity contribution in [3.63, 3.8) is 0 Å². The SMILES string of the molecule is Cc1cccc(C)c1-c1nn(C)c(N)c1-c1cccs1. The Labute approximate surface area is 122 Å². The van der Waals surface area contributed by atoms with Gasteiger partial charge in [0.2, 0.25) is 0 Å². The first-order chi connectivity index (χ1) is 9.59. The van der Waals surface area contributed by atoms with Crippen molar-refractivity contribution >= 4 is 17.2 Å². The Bertz CT molecular complexity index is 734. The van der Waals surface area contributed by atoms with Gasteiger partial charge in [-0.05, 0) is 36.4 Å². The number of nitrogen functional groups attached to an aromatic ring is 1. The Hall–Kier alpha value is -2.07. The topological polar surface area (TPSA) is 43.8 Å². The molecule has 0 amide bonds. The molecule has 2 heterocycles. The molecule has 3 rings (SSSR count). The van der Waals surface area contributed by atoms with Crippen LogP contribution in [0.2, 0.25) is 0 Å². The molecule has 0 saturated carbocycles. The Morgan fingerprint density at radius 3 is 2.35 bits per heavy atom. The molecule has 0 aliphatic carbocycles. The van der Waals surface area contributed by atoms with E-state index in [-0.39, 0.29) is 0 Å². The van der Waals surface area contributed by atoms with E-state index in [2.05, 4.69) is 48.6 Å². The van der Waals surface area contributed by atoms with Gasteiger partial charge in [0.1, 0.15) is 11.5 Å². The third-order valence-corrected chi connectivity index (χ3v) is 4.46. The van der Waals surface area contributed by atoms with Crippen LogP contribution in [-0.4, -0.2) is 9.78 Å². The van der Waals surface area contributed by atoms with Gasteiger partial charge < -0.3 is 5.73 Å². The number of benzene rings is 1. The molecule has 0 bridgehead atoms. The van der Waals surface area contributed by atoms with Crippen LogP contribution >= 0.6 is 11.3 Å². The van der Waals surface area contributed by atoms with Crippen molar-refractivity contribution in [2.24, 2.45) is 7.05 Å². The summed E-state index contributed by atoms with van der Waals surface area (Å²) < 4.78 is 1.76. The normalized spacial score (nSPS) is 10.9. The molecule has 2 N–H and O–H groups in total. The fourth-order valence-electron chi connectivity index (χ4n) is 2.56. The summed E-state index contributed by atoms with van der Waals surface area (Å²) in [4.78, 5) is 1.16. The van der Waals surface area contributed by atoms with Gasteiger partial charge in [0.05, 0.1) is 5.56 Å². The van der Waals surface area contributed by atoms with Crippen molar-refractivity contribution in [1.29, 1.82) is 0 Å². The van der Waals surface area contributed by atoms with Gasteiger partial charge in [0, 0.05) is 17.5 Å². The summed E-state index contributed by atoms with van der Waals surface area (Å²) in [5, 5.41) is 6.72. The maximum atomic E-state index is 6.24. The molecule has 0 unspecified atom stereocenters. The van der Waals surface area contributed by atoms with Gasteiger partial charge in [-0.3, -0.25) is 4.68 Å². The lowest BCUT2D eigenvalue weighted by molar-refractivity contribution is 0.782. The first kappa shape index (κ1) is 12.9. The number of anilines is 1. The third-order valence-electron chi connectivity index (χ3n) is 3.58. The van der Waals surface area contributed by atoms with Crippen molar-refractivity contribution in [3.05, 3.63) is 46.8 Å². The van der Waals surface area contributed by atoms with Crippen LogP contribution in [-0.2, 0) is 7.05 Å². The lowest BCUT2D eigenvalue weighted by Gasteiger charge is -2.08. The van der Waals surface area contributed by atoms with Crippen molar-refractivity contribution in [1.82, 2.24) is 9.78 Å². The highest BCUT2D eigenvalue weighted by Crippen LogP contribution is 2.40. The van der Waals surface area contributed by atoms with Crippen LogP contribution in [0, 0.1) is 13.8 Å². The highest BCUT2D eigenvalue weighted by Gasteiger charge is 2.20. The van der Waals surface area contributed by atoms with Crippen LogP contribution in [0.5, 0.6) is 0 Å². The van der Waals surface area contributed by atoms with Crippen LogP contribution in [0.25, 0.3) is 21.7 Å². The summed E-state index contributed by atoms with van der Waals surface area (Å²) in [5.74, 6) is 0.713. The molecule has 0 radical (unpaired) electrons. The molecule has 0 aliphatic rings. The Morgan fingerprint density at radius 2 is 1.75 bits per heavy atom. The number of nitrogens with zero attached hydrogens (tertiary/aromatic N) is 2. The zero-order valence-corrected chi connectivity index (χ0v) is 12.7. The molecule has 20 heavy (non-hydrogen) atoms. The number of hydrogen-bond acceptors (Lipinski definition) is 3. The second-order valence-electron chi connectivity index (χ2n) is 4.98. The number of aryl methyl sites for hydroxylation is 3. The van der Waals surface area contributed by atoms with Gasteiger partial charge in [-0.15, -0.1) is 11.3 Å². The molecule has 2 aromatic heterocycles. The number of thiophene rings is 1. The van der Waals surface area contributed by atoms with E-state index < -0.39 is 0 Å². The highest BCUT2D eigenvalue weighted by atomic mass is 32.1. The van der Waals surface area contributed by atoms with E-state index >= 15 is 0 Å². The summed E-state index contributed by atoms with van der Waals surface area (Å²) in [6.07, 6.45) is 0. The predicted molar refractivity (Wildman–Crippen MR) is 85.8 cm³/mol. The fraction of sp³-hybridized carbons (Fsp3) is 0.188. The smallest absolute Gasteiger partial charge is 0.130 e. The quantitative estimate of drug-likeness (QED) is 0.772. The van der Waals surface area contributed by atoms with Crippen LogP contribution in [0.15, 0.2) is 35.7 Å². The molecule has 1 aromatic carbocycles. The monoisotopic (exact) mass is 283 g/mol. The minimum Gasteiger partial charge on any atom is -0.383 e. The second kappa shape index (κ2) is 4.80. The van der Waals surface area contributed by atoms with Gasteiger partial charge in [0.15, 0.2) is 0 Å². The first-order valence-corrected chi connectivity index (χ1v) is 7.40. The van der Waals surface area contributed by atoms with Crippen molar-refractivity contribution < 1.29 is 0 Å². The van der Waals surface area contributed by atoms with Crippen LogP contribution in [0.3, 0.4) is 0 Å². The van der Waals surface area contributed by atoms with Crippen LogP contribution < -0.4 is 5.73 Å². The number of aromatic nitrogens is 2. The zero-order valence-electron chi connectivity index (χ0n) is 11.8. The van der Waals surface area contributed by atoms with E-state index in [1.807, 2.05) is 13.1 Å². The zero-order chi connectivity index (χ0) is 14.3. The van der Waals surface area contributed by atoms with E-state index in [9.17, 15) is 0 Å². The first-order valence-electron chi connectivity index (χ1n) is 6.52. The molecule has 102 valence electrons. The van der Waals surface area contributed by atoms with Gasteiger partial charge >= 0.3 is 0 Å². The molecule has 4 heteroatoms. The maximum Gasteiger partial charge on any atom is 0.130 e. The van der Waals surface area contributed by atoms with Gasteiger partial charge in [0.25, 0.3) is 0 Å². The Kier molecular flexibility index (Phi) is 3.10. The predicted octanol–water partition coefficient (Wildman–Crippen LogP) is 4.01. The molecule has 3 nitrogen and oxygen atoms in total. The third kappa shape index (κ3) is 1.93. The van der Waals surface area contributed by atoms with Crippen molar-refractivity contribution in [2.45, 2.75) is 13.8 Å². The molecular formula is C16H17N3S. The van der Waals surface area contributed by atoms with E-state index in [1.54, 1.807) is 16.0 Å². The van der Waals surface area contributed by atoms with Gasteiger partial charge in [-0.1, -0.05) is 24.3 Å². The maximum absolute atomic E-state index is 6.24. The molecule has 0 spiro atoms. The van der Waals surface area contributed by atoms with Crippen molar-refractivity contribution in [2.75, 3.05) is 5.73 Å². The second-order valence-corrected chi connectivity index (χ2v) is 5.92. The lowest BCUT2D eigenvalue weighted by Crippen LogP contribution is -1.97. The van der Waals surface area contributed by atoms with E-state index in [0.717, 1.165) is 16.1 Å². The minimum absolute atomic E-state index is 0.713. The molecule has 0 fully saturated rings. The average molecular weight is 283 g/mol. The van der Waals surface area contributed by atoms with Gasteiger partial charge in [-0.2, -0.15) is 5.10 Å². The number of hydrogen-bond donors (Lipinski definition) is 1. The highest BCUT2D eigenvalue weighted by molar-refractivity contribution is 7.13. The summed E-state index contributed by atoms with van der Waals surface area (Å²) in [7, 11) is 1.89. The average Bonchev–Trinajstić information content (AvgIpc) is 3.00. The van der Waals surface area contributed by atoms with Crippen LogP contribution in [0.1, 0.15) is 11.1 Å². The fourth-order valence-corrected chi connectivity index (χ4v) is 3.34. The van der Waals surface area contributed by atoms with Crippen molar-refractivity contribution in [3.8, 4) is 21.7 Å². The molecule has 0 atom stereocenters. The number of nitrogens with two attached hydrogens (primary N) is 1. The van der Waals surface area contributed by atoms with Gasteiger partial charge in [-0.25, -0.2) is 0 Å². The summed E-state index contributed by atoms with van der Waals surface area (Å²) in [5.41, 5.74) is 11.9. The summed E-state index contributed by atoms with van der Waals surface area (Å²) >= 11 is 1.69. The van der Waals surface area contributed by atoms with E-state index in [1.165, 1.54) is 16.7 Å². The summed E-state index contributed by atoms with van der Waals surface area (Å²) in [6, 6.07) is 10.4. The molecular weight excluding hydrogens is 266 g/mol. The van der Waals surface area contributed by atoms with E-state index in [0.29, 0.717) is 5.82 Å². The summed E-state index contributed by atoms with van der Waals surface area (Å²) in [6.45, 7) is 4.23. The van der Waals surface area contributed by atoms with E-state index in [4.69, 9.17) is 5.73 Å². The molecule has 0 aliphatic heterocycles. The lowest BCUT2D eigenvalue weighted by atomic mass is 9.97. The Balaban J connectivity index is 2.33. The molecule has 3 aromatic rings. The minimum atomic E-state index is 0.713. The largest absolute Gasteiger partial charge is 0.383 e.